The molecule has 4 nitrogen and oxygen atoms in total. The smallest absolute Gasteiger partial charge is 0.213 e. The molecule has 94 valence electrons. The first-order chi connectivity index (χ1) is 8.29. The predicted molar refractivity (Wildman–Crippen MR) is 66.5 cm³/mol. The van der Waals surface area contributed by atoms with Gasteiger partial charge in [0, 0.05) is 31.6 Å². The summed E-state index contributed by atoms with van der Waals surface area (Å²) >= 11 is 6.04. The summed E-state index contributed by atoms with van der Waals surface area (Å²) < 4.78 is 11.1. The average molecular weight is 257 g/mol. The molecule has 0 radical (unpaired) electrons. The first-order valence-electron chi connectivity index (χ1n) is 5.83. The van der Waals surface area contributed by atoms with Gasteiger partial charge in [0.1, 0.15) is 6.10 Å². The predicted octanol–water partition coefficient (Wildman–Crippen LogP) is 2.01. The first kappa shape index (κ1) is 12.6. The molecule has 1 aliphatic rings. The van der Waals surface area contributed by atoms with Crippen molar-refractivity contribution in [1.29, 1.82) is 0 Å². The van der Waals surface area contributed by atoms with E-state index >= 15 is 0 Å². The molecule has 2 rings (SSSR count). The zero-order valence-electron chi connectivity index (χ0n) is 9.91. The molecular formula is C12H17ClN2O2. The number of hydrogen-bond donors (Lipinski definition) is 1. The minimum absolute atomic E-state index is 0.208. The maximum absolute atomic E-state index is 6.04. The Morgan fingerprint density at radius 3 is 3.00 bits per heavy atom. The van der Waals surface area contributed by atoms with Crippen LogP contribution in [0.5, 0.6) is 5.88 Å². The molecule has 0 aliphatic carbocycles. The molecule has 5 heteroatoms. The van der Waals surface area contributed by atoms with Crippen LogP contribution in [0, 0.1) is 0 Å². The summed E-state index contributed by atoms with van der Waals surface area (Å²) in [6.07, 6.45) is 3.69. The molecule has 2 heterocycles. The molecule has 1 saturated heterocycles. The number of hydrogen-bond acceptors (Lipinski definition) is 4. The molecule has 0 aromatic carbocycles. The van der Waals surface area contributed by atoms with E-state index < -0.39 is 0 Å². The average Bonchev–Trinajstić information content (AvgIpc) is 2.35. The largest absolute Gasteiger partial charge is 0.474 e. The van der Waals surface area contributed by atoms with Crippen LogP contribution in [0.15, 0.2) is 12.3 Å². The molecule has 1 aliphatic heterocycles. The number of pyridine rings is 1. The van der Waals surface area contributed by atoms with Crippen LogP contribution in [-0.4, -0.2) is 31.3 Å². The topological polar surface area (TPSA) is 43.4 Å². The lowest BCUT2D eigenvalue weighted by Crippen LogP contribution is -2.26. The quantitative estimate of drug-likeness (QED) is 0.895. The highest BCUT2D eigenvalue weighted by Gasteiger charge is 2.16. The SMILES string of the molecule is CNCc1cc(OC2CCOCC2)ncc1Cl. The highest BCUT2D eigenvalue weighted by Crippen LogP contribution is 2.21. The number of nitrogens with zero attached hydrogens (tertiary/aromatic N) is 1. The van der Waals surface area contributed by atoms with Crippen LogP contribution in [0.2, 0.25) is 5.02 Å². The van der Waals surface area contributed by atoms with Crippen LogP contribution < -0.4 is 10.1 Å². The van der Waals surface area contributed by atoms with Gasteiger partial charge in [0.25, 0.3) is 0 Å². The second kappa shape index (κ2) is 6.19. The molecule has 1 aromatic heterocycles. The van der Waals surface area contributed by atoms with Gasteiger partial charge >= 0.3 is 0 Å². The Balaban J connectivity index is 2.02. The number of ether oxygens (including phenoxy) is 2. The van der Waals surface area contributed by atoms with Gasteiger partial charge in [-0.25, -0.2) is 4.98 Å². The van der Waals surface area contributed by atoms with Crippen molar-refractivity contribution in [2.75, 3.05) is 20.3 Å². The maximum Gasteiger partial charge on any atom is 0.213 e. The van der Waals surface area contributed by atoms with E-state index in [1.54, 1.807) is 6.20 Å². The van der Waals surface area contributed by atoms with Gasteiger partial charge in [-0.15, -0.1) is 0 Å². The third-order valence-corrected chi connectivity index (χ3v) is 3.07. The van der Waals surface area contributed by atoms with Crippen molar-refractivity contribution in [3.8, 4) is 5.88 Å². The normalized spacial score (nSPS) is 17.1. The lowest BCUT2D eigenvalue weighted by Gasteiger charge is -2.22. The molecule has 0 atom stereocenters. The second-order valence-corrected chi connectivity index (χ2v) is 4.48. The Kier molecular flexibility index (Phi) is 4.59. The fraction of sp³-hybridized carbons (Fsp3) is 0.583. The van der Waals surface area contributed by atoms with Crippen LogP contribution in [-0.2, 0) is 11.3 Å². The van der Waals surface area contributed by atoms with E-state index in [9.17, 15) is 0 Å². The standard InChI is InChI=1S/C12H17ClN2O2/c1-14-7-9-6-12(15-8-11(9)13)17-10-2-4-16-5-3-10/h6,8,10,14H,2-5,7H2,1H3. The van der Waals surface area contributed by atoms with Crippen LogP contribution in [0.4, 0.5) is 0 Å². The molecule has 0 amide bonds. The van der Waals surface area contributed by atoms with Crippen molar-refractivity contribution in [3.63, 3.8) is 0 Å². The minimum atomic E-state index is 0.208. The lowest BCUT2D eigenvalue weighted by atomic mass is 10.1. The maximum atomic E-state index is 6.04. The Morgan fingerprint density at radius 1 is 1.53 bits per heavy atom. The van der Waals surface area contributed by atoms with Crippen molar-refractivity contribution >= 4 is 11.6 Å². The molecule has 1 fully saturated rings. The molecule has 1 N–H and O–H groups in total. The first-order valence-corrected chi connectivity index (χ1v) is 6.21. The van der Waals surface area contributed by atoms with E-state index in [2.05, 4.69) is 10.3 Å². The molecule has 1 aromatic rings. The molecule has 0 saturated carbocycles. The molecule has 0 spiro atoms. The van der Waals surface area contributed by atoms with E-state index in [4.69, 9.17) is 21.1 Å². The van der Waals surface area contributed by atoms with Gasteiger partial charge in [-0.3, -0.25) is 0 Å². The summed E-state index contributed by atoms with van der Waals surface area (Å²) in [5.74, 6) is 0.645. The van der Waals surface area contributed by atoms with Crippen molar-refractivity contribution in [1.82, 2.24) is 10.3 Å². The van der Waals surface area contributed by atoms with Crippen molar-refractivity contribution in [3.05, 3.63) is 22.8 Å². The summed E-state index contributed by atoms with van der Waals surface area (Å²) in [7, 11) is 1.88. The zero-order chi connectivity index (χ0) is 12.1. The number of rotatable bonds is 4. The Labute approximate surface area is 106 Å². The van der Waals surface area contributed by atoms with E-state index in [1.807, 2.05) is 13.1 Å². The van der Waals surface area contributed by atoms with E-state index in [0.717, 1.165) is 31.6 Å². The fourth-order valence-electron chi connectivity index (χ4n) is 1.81. The molecule has 17 heavy (non-hydrogen) atoms. The van der Waals surface area contributed by atoms with Crippen molar-refractivity contribution in [2.24, 2.45) is 0 Å². The number of halogens is 1. The third-order valence-electron chi connectivity index (χ3n) is 2.73. The fourth-order valence-corrected chi connectivity index (χ4v) is 1.98. The Bertz CT molecular complexity index is 368. The third kappa shape index (κ3) is 3.56. The van der Waals surface area contributed by atoms with Gasteiger partial charge in [0.05, 0.1) is 18.2 Å². The van der Waals surface area contributed by atoms with Crippen molar-refractivity contribution < 1.29 is 9.47 Å². The zero-order valence-corrected chi connectivity index (χ0v) is 10.7. The summed E-state index contributed by atoms with van der Waals surface area (Å²) in [5, 5.41) is 3.73. The number of nitrogens with one attached hydrogen (secondary N) is 1. The number of aromatic nitrogens is 1. The minimum Gasteiger partial charge on any atom is -0.474 e. The summed E-state index contributed by atoms with van der Waals surface area (Å²) in [4.78, 5) is 4.19. The van der Waals surface area contributed by atoms with Gasteiger partial charge in [0.15, 0.2) is 0 Å². The van der Waals surface area contributed by atoms with E-state index in [0.29, 0.717) is 17.4 Å². The van der Waals surface area contributed by atoms with Crippen LogP contribution in [0.25, 0.3) is 0 Å². The molecule has 0 bridgehead atoms. The van der Waals surface area contributed by atoms with Gasteiger partial charge in [-0.05, 0) is 12.6 Å². The van der Waals surface area contributed by atoms with Crippen LogP contribution >= 0.6 is 11.6 Å². The van der Waals surface area contributed by atoms with Crippen LogP contribution in [0.1, 0.15) is 18.4 Å². The van der Waals surface area contributed by atoms with Gasteiger partial charge in [-0.1, -0.05) is 11.6 Å². The summed E-state index contributed by atoms with van der Waals surface area (Å²) in [5.41, 5.74) is 1.01. The highest BCUT2D eigenvalue weighted by molar-refractivity contribution is 6.31. The van der Waals surface area contributed by atoms with E-state index in [1.165, 1.54) is 0 Å². The van der Waals surface area contributed by atoms with Gasteiger partial charge < -0.3 is 14.8 Å². The molecule has 0 unspecified atom stereocenters. The summed E-state index contributed by atoms with van der Waals surface area (Å²) in [6, 6.07) is 1.90. The second-order valence-electron chi connectivity index (χ2n) is 4.07. The monoisotopic (exact) mass is 256 g/mol. The lowest BCUT2D eigenvalue weighted by molar-refractivity contribution is 0.0237. The highest BCUT2D eigenvalue weighted by atomic mass is 35.5. The van der Waals surface area contributed by atoms with E-state index in [-0.39, 0.29) is 6.10 Å². The van der Waals surface area contributed by atoms with Gasteiger partial charge in [-0.2, -0.15) is 0 Å². The molecular weight excluding hydrogens is 240 g/mol. The Hall–Kier alpha value is -0.840. The van der Waals surface area contributed by atoms with Gasteiger partial charge in [0.2, 0.25) is 5.88 Å². The Morgan fingerprint density at radius 2 is 2.29 bits per heavy atom. The van der Waals surface area contributed by atoms with Crippen molar-refractivity contribution in [2.45, 2.75) is 25.5 Å². The summed E-state index contributed by atoms with van der Waals surface area (Å²) in [6.45, 7) is 2.24. The van der Waals surface area contributed by atoms with Crippen LogP contribution in [0.3, 0.4) is 0 Å².